The molecule has 1 unspecified atom stereocenters. The molecule has 2 N–H and O–H groups in total. The molecule has 0 aliphatic carbocycles. The molecule has 2 aromatic rings. The van der Waals surface area contributed by atoms with Gasteiger partial charge >= 0.3 is 0 Å². The number of ether oxygens (including phenoxy) is 2. The van der Waals surface area contributed by atoms with Gasteiger partial charge in [0.25, 0.3) is 0 Å². The van der Waals surface area contributed by atoms with E-state index >= 15 is 0 Å². The summed E-state index contributed by atoms with van der Waals surface area (Å²) in [6.07, 6.45) is 3.54. The molecule has 0 amide bonds. The van der Waals surface area contributed by atoms with Crippen molar-refractivity contribution in [2.24, 2.45) is 0 Å². The monoisotopic (exact) mass is 342 g/mol. The summed E-state index contributed by atoms with van der Waals surface area (Å²) >= 11 is 12.3. The summed E-state index contributed by atoms with van der Waals surface area (Å²) in [7, 11) is 3.12. The van der Waals surface area contributed by atoms with Crippen LogP contribution in [0.5, 0.6) is 11.5 Å². The molecule has 1 heterocycles. The van der Waals surface area contributed by atoms with Crippen molar-refractivity contribution in [3.63, 3.8) is 0 Å². The summed E-state index contributed by atoms with van der Waals surface area (Å²) in [5.41, 5.74) is 0.209. The molecule has 4 nitrogen and oxygen atoms in total. The van der Waals surface area contributed by atoms with Gasteiger partial charge in [0.15, 0.2) is 23.9 Å². The lowest BCUT2D eigenvalue weighted by molar-refractivity contribution is -0.377. The molecule has 1 aromatic carbocycles. The fourth-order valence-corrected chi connectivity index (χ4v) is 2.77. The number of hydrogen-bond acceptors (Lipinski definition) is 3. The second kappa shape index (κ2) is 6.73. The van der Waals surface area contributed by atoms with Gasteiger partial charge in [0.1, 0.15) is 10.0 Å². The van der Waals surface area contributed by atoms with Crippen LogP contribution in [0.4, 0.5) is 0 Å². The summed E-state index contributed by atoms with van der Waals surface area (Å²) in [6.45, 7) is 1.71. The number of rotatable bonds is 5. The maximum atomic E-state index is 10.8. The summed E-state index contributed by atoms with van der Waals surface area (Å²) in [6, 6.07) is 5.29. The van der Waals surface area contributed by atoms with Gasteiger partial charge in [0.05, 0.1) is 19.8 Å². The van der Waals surface area contributed by atoms with Crippen LogP contribution < -0.4 is 14.5 Å². The quantitative estimate of drug-likeness (QED) is 0.907. The second-order valence-corrected chi connectivity index (χ2v) is 5.96. The zero-order valence-corrected chi connectivity index (χ0v) is 14.1. The van der Waals surface area contributed by atoms with Crippen LogP contribution in [-0.2, 0) is 12.0 Å². The first-order valence-corrected chi connectivity index (χ1v) is 7.43. The largest absolute Gasteiger partial charge is 0.493 e. The van der Waals surface area contributed by atoms with E-state index in [1.54, 1.807) is 51.7 Å². The van der Waals surface area contributed by atoms with E-state index < -0.39 is 5.60 Å². The minimum atomic E-state index is -1.16. The molecule has 1 atom stereocenters. The molecule has 0 aliphatic rings. The van der Waals surface area contributed by atoms with Crippen LogP contribution in [0.15, 0.2) is 30.6 Å². The number of aromatic nitrogens is 1. The number of hydrogen-bond donors (Lipinski definition) is 1. The second-order valence-electron chi connectivity index (χ2n) is 5.15. The third-order valence-electron chi connectivity index (χ3n) is 3.52. The highest BCUT2D eigenvalue weighted by Crippen LogP contribution is 2.36. The van der Waals surface area contributed by atoms with E-state index in [-0.39, 0.29) is 6.42 Å². The minimum Gasteiger partial charge on any atom is -0.493 e. The van der Waals surface area contributed by atoms with Gasteiger partial charge < -0.3 is 14.6 Å². The molecule has 1 aromatic heterocycles. The van der Waals surface area contributed by atoms with E-state index in [4.69, 9.17) is 32.7 Å². The first-order chi connectivity index (χ1) is 10.4. The van der Waals surface area contributed by atoms with Crippen LogP contribution in [-0.4, -0.2) is 19.3 Å². The van der Waals surface area contributed by atoms with E-state index in [1.165, 1.54) is 0 Å². The Morgan fingerprint density at radius 1 is 1.09 bits per heavy atom. The Kier molecular flexibility index (Phi) is 5.16. The van der Waals surface area contributed by atoms with Crippen LogP contribution in [0, 0.1) is 0 Å². The number of benzene rings is 1. The number of H-pyrrole nitrogens is 1. The molecule has 0 bridgehead atoms. The van der Waals surface area contributed by atoms with Crippen molar-refractivity contribution in [3.05, 3.63) is 51.8 Å². The van der Waals surface area contributed by atoms with Gasteiger partial charge in [-0.05, 0) is 24.6 Å². The Morgan fingerprint density at radius 3 is 2.23 bits per heavy atom. The van der Waals surface area contributed by atoms with Crippen LogP contribution in [0.1, 0.15) is 18.1 Å². The highest BCUT2D eigenvalue weighted by Gasteiger charge is 2.28. The SMILES string of the molecule is COc1ccc(C(C)(O)Cc2c(Cl)c[nH+]cc2Cl)cc1OC. The van der Waals surface area contributed by atoms with Crippen LogP contribution in [0.3, 0.4) is 0 Å². The molecule has 0 aliphatic heterocycles. The molecule has 6 heteroatoms. The van der Waals surface area contributed by atoms with Gasteiger partial charge in [-0.25, -0.2) is 4.98 Å². The minimum absolute atomic E-state index is 0.273. The predicted octanol–water partition coefficient (Wildman–Crippen LogP) is 3.27. The lowest BCUT2D eigenvalue weighted by Crippen LogP contribution is -2.25. The van der Waals surface area contributed by atoms with Gasteiger partial charge in [0.2, 0.25) is 0 Å². The Bertz CT molecular complexity index is 654. The number of pyridine rings is 1. The average molecular weight is 343 g/mol. The lowest BCUT2D eigenvalue weighted by atomic mass is 9.89. The fourth-order valence-electron chi connectivity index (χ4n) is 2.26. The third-order valence-corrected chi connectivity index (χ3v) is 4.20. The van der Waals surface area contributed by atoms with Gasteiger partial charge in [0, 0.05) is 12.0 Å². The van der Waals surface area contributed by atoms with Crippen LogP contribution in [0.2, 0.25) is 10.0 Å². The zero-order valence-electron chi connectivity index (χ0n) is 12.6. The third kappa shape index (κ3) is 3.46. The summed E-state index contributed by atoms with van der Waals surface area (Å²) in [5, 5.41) is 11.8. The highest BCUT2D eigenvalue weighted by atomic mass is 35.5. The number of aromatic amines is 1. The number of halogens is 2. The fraction of sp³-hybridized carbons (Fsp3) is 0.312. The van der Waals surface area contributed by atoms with Gasteiger partial charge in [-0.3, -0.25) is 0 Å². The number of aliphatic hydroxyl groups is 1. The molecule has 0 saturated carbocycles. The van der Waals surface area contributed by atoms with E-state index in [9.17, 15) is 5.11 Å². The molecule has 0 fully saturated rings. The zero-order chi connectivity index (χ0) is 16.3. The maximum absolute atomic E-state index is 10.8. The highest BCUT2D eigenvalue weighted by molar-refractivity contribution is 6.35. The number of nitrogens with one attached hydrogen (secondary N) is 1. The molecule has 2 rings (SSSR count). The molecular formula is C16H18Cl2NO3+. The standard InChI is InChI=1S/C16H17Cl2NO3/c1-16(20,7-11-12(17)8-19-9-13(11)18)10-4-5-14(21-2)15(6-10)22-3/h4-6,8-9,20H,7H2,1-3H3/p+1. The van der Waals surface area contributed by atoms with Crippen LogP contribution >= 0.6 is 23.2 Å². The van der Waals surface area contributed by atoms with Crippen molar-refractivity contribution in [1.29, 1.82) is 0 Å². The van der Waals surface area contributed by atoms with Crippen molar-refractivity contribution in [1.82, 2.24) is 0 Å². The van der Waals surface area contributed by atoms with E-state index in [2.05, 4.69) is 4.98 Å². The van der Waals surface area contributed by atoms with Gasteiger partial charge in [-0.2, -0.15) is 0 Å². The Morgan fingerprint density at radius 2 is 1.68 bits per heavy atom. The Balaban J connectivity index is 2.38. The molecule has 0 spiro atoms. The number of methoxy groups -OCH3 is 2. The van der Waals surface area contributed by atoms with Crippen LogP contribution in [0.25, 0.3) is 0 Å². The van der Waals surface area contributed by atoms with Crippen molar-refractivity contribution in [2.45, 2.75) is 18.9 Å². The normalized spacial score (nSPS) is 13.5. The summed E-state index contributed by atoms with van der Waals surface area (Å²) in [4.78, 5) is 2.85. The molecule has 22 heavy (non-hydrogen) atoms. The molecular weight excluding hydrogens is 325 g/mol. The van der Waals surface area contributed by atoms with E-state index in [0.29, 0.717) is 32.7 Å². The Labute approximate surface area is 139 Å². The molecule has 118 valence electrons. The predicted molar refractivity (Wildman–Crippen MR) is 85.8 cm³/mol. The van der Waals surface area contributed by atoms with Crippen molar-refractivity contribution >= 4 is 23.2 Å². The Hall–Kier alpha value is -1.49. The van der Waals surface area contributed by atoms with Gasteiger partial charge in [-0.1, -0.05) is 29.3 Å². The topological polar surface area (TPSA) is 52.8 Å². The van der Waals surface area contributed by atoms with E-state index in [0.717, 1.165) is 0 Å². The lowest BCUT2D eigenvalue weighted by Gasteiger charge is -2.25. The molecule has 0 radical (unpaired) electrons. The van der Waals surface area contributed by atoms with Gasteiger partial charge in [-0.15, -0.1) is 0 Å². The molecule has 0 saturated heterocycles. The first kappa shape index (κ1) is 16.9. The first-order valence-electron chi connectivity index (χ1n) is 6.68. The smallest absolute Gasteiger partial charge is 0.186 e. The van der Waals surface area contributed by atoms with Crippen molar-refractivity contribution < 1.29 is 19.6 Å². The van der Waals surface area contributed by atoms with E-state index in [1.807, 2.05) is 0 Å². The van der Waals surface area contributed by atoms with Crippen molar-refractivity contribution in [2.75, 3.05) is 14.2 Å². The maximum Gasteiger partial charge on any atom is 0.186 e. The van der Waals surface area contributed by atoms with Crippen molar-refractivity contribution in [3.8, 4) is 11.5 Å². The average Bonchev–Trinajstić information content (AvgIpc) is 2.50. The summed E-state index contributed by atoms with van der Waals surface area (Å²) < 4.78 is 10.5. The summed E-state index contributed by atoms with van der Waals surface area (Å²) in [5.74, 6) is 1.16.